The summed E-state index contributed by atoms with van der Waals surface area (Å²) in [4.78, 5) is 0. The summed E-state index contributed by atoms with van der Waals surface area (Å²) in [6, 6.07) is 3.83. The molecule has 1 aromatic heterocycles. The van der Waals surface area contributed by atoms with E-state index in [1.807, 2.05) is 25.1 Å². The van der Waals surface area contributed by atoms with E-state index in [2.05, 4.69) is 11.4 Å². The summed E-state index contributed by atoms with van der Waals surface area (Å²) >= 11 is 0. The average molecular weight is 223 g/mol. The minimum absolute atomic E-state index is 0.819. The third-order valence-corrected chi connectivity index (χ3v) is 2.18. The highest BCUT2D eigenvalue weighted by Crippen LogP contribution is 2.01. The van der Waals surface area contributed by atoms with Gasteiger partial charge in [0.05, 0.1) is 6.26 Å². The molecule has 0 amide bonds. The van der Waals surface area contributed by atoms with Crippen molar-refractivity contribution in [3.63, 3.8) is 0 Å². The Morgan fingerprint density at radius 2 is 2.38 bits per heavy atom. The molecule has 0 aliphatic rings. The highest BCUT2D eigenvalue weighted by Gasteiger charge is 1.88. The highest BCUT2D eigenvalue weighted by atomic mass is 16.5. The van der Waals surface area contributed by atoms with E-state index in [9.17, 15) is 0 Å². The number of hydrogen-bond donors (Lipinski definition) is 1. The van der Waals surface area contributed by atoms with Gasteiger partial charge < -0.3 is 14.5 Å². The van der Waals surface area contributed by atoms with Crippen molar-refractivity contribution in [1.29, 1.82) is 0 Å². The zero-order chi connectivity index (χ0) is 11.5. The summed E-state index contributed by atoms with van der Waals surface area (Å²) < 4.78 is 10.4. The van der Waals surface area contributed by atoms with E-state index in [1.165, 1.54) is 0 Å². The van der Waals surface area contributed by atoms with Gasteiger partial charge in [-0.05, 0) is 44.5 Å². The van der Waals surface area contributed by atoms with E-state index in [0.717, 1.165) is 44.9 Å². The normalized spacial score (nSPS) is 11.3. The molecule has 0 saturated heterocycles. The van der Waals surface area contributed by atoms with Crippen molar-refractivity contribution in [3.05, 3.63) is 30.2 Å². The Morgan fingerprint density at radius 1 is 1.44 bits per heavy atom. The predicted octanol–water partition coefficient (Wildman–Crippen LogP) is 2.70. The topological polar surface area (TPSA) is 34.4 Å². The fourth-order valence-electron chi connectivity index (χ4n) is 1.35. The zero-order valence-electron chi connectivity index (χ0n) is 9.95. The van der Waals surface area contributed by atoms with E-state index in [4.69, 9.17) is 9.15 Å². The van der Waals surface area contributed by atoms with Gasteiger partial charge in [0.15, 0.2) is 0 Å². The molecule has 0 aromatic carbocycles. The summed E-state index contributed by atoms with van der Waals surface area (Å²) in [6.45, 7) is 5.64. The van der Waals surface area contributed by atoms with Gasteiger partial charge in [0.1, 0.15) is 5.76 Å². The lowest BCUT2D eigenvalue weighted by Gasteiger charge is -2.01. The Balaban J connectivity index is 1.88. The van der Waals surface area contributed by atoms with Gasteiger partial charge in [0, 0.05) is 19.8 Å². The van der Waals surface area contributed by atoms with E-state index >= 15 is 0 Å². The fraction of sp³-hybridized carbons (Fsp3) is 0.538. The smallest absolute Gasteiger partial charge is 0.126 e. The van der Waals surface area contributed by atoms with Crippen LogP contribution in [0.25, 0.3) is 6.08 Å². The maximum Gasteiger partial charge on any atom is 0.126 e. The van der Waals surface area contributed by atoms with Crippen molar-refractivity contribution in [2.24, 2.45) is 0 Å². The molecule has 90 valence electrons. The lowest BCUT2D eigenvalue weighted by atomic mass is 10.3. The molecular weight excluding hydrogens is 202 g/mol. The van der Waals surface area contributed by atoms with Crippen LogP contribution in [-0.2, 0) is 4.74 Å². The van der Waals surface area contributed by atoms with Crippen LogP contribution >= 0.6 is 0 Å². The second kappa shape index (κ2) is 9.19. The molecule has 0 fully saturated rings. The minimum Gasteiger partial charge on any atom is -0.465 e. The van der Waals surface area contributed by atoms with Crippen molar-refractivity contribution < 1.29 is 9.15 Å². The van der Waals surface area contributed by atoms with Gasteiger partial charge in [-0.1, -0.05) is 6.08 Å². The molecule has 1 N–H and O–H groups in total. The average Bonchev–Trinajstić information content (AvgIpc) is 2.80. The molecular formula is C13H21NO2. The molecule has 0 unspecified atom stereocenters. The summed E-state index contributed by atoms with van der Waals surface area (Å²) in [6.07, 6.45) is 8.02. The maximum atomic E-state index is 5.26. The van der Waals surface area contributed by atoms with Crippen molar-refractivity contribution in [2.75, 3.05) is 26.3 Å². The predicted molar refractivity (Wildman–Crippen MR) is 66.3 cm³/mol. The van der Waals surface area contributed by atoms with Crippen LogP contribution < -0.4 is 5.32 Å². The molecule has 1 aromatic rings. The molecule has 0 radical (unpaired) electrons. The summed E-state index contributed by atoms with van der Waals surface area (Å²) in [5.41, 5.74) is 0. The molecule has 16 heavy (non-hydrogen) atoms. The first kappa shape index (κ1) is 13.0. The molecule has 3 heteroatoms. The Morgan fingerprint density at radius 3 is 3.12 bits per heavy atom. The first-order valence-corrected chi connectivity index (χ1v) is 5.92. The SMILES string of the molecule is CCOCCCCNC/C=C/c1ccco1. The monoisotopic (exact) mass is 223 g/mol. The van der Waals surface area contributed by atoms with Crippen LogP contribution in [0, 0.1) is 0 Å². The number of nitrogens with one attached hydrogen (secondary N) is 1. The van der Waals surface area contributed by atoms with Gasteiger partial charge in [0.2, 0.25) is 0 Å². The van der Waals surface area contributed by atoms with Crippen LogP contribution in [0.2, 0.25) is 0 Å². The first-order valence-electron chi connectivity index (χ1n) is 5.92. The van der Waals surface area contributed by atoms with Crippen molar-refractivity contribution >= 4 is 6.08 Å². The molecule has 0 atom stereocenters. The Bertz CT molecular complexity index is 267. The van der Waals surface area contributed by atoms with E-state index < -0.39 is 0 Å². The van der Waals surface area contributed by atoms with Crippen molar-refractivity contribution in [1.82, 2.24) is 5.32 Å². The van der Waals surface area contributed by atoms with Crippen LogP contribution in [0.3, 0.4) is 0 Å². The standard InChI is InChI=1S/C13H21NO2/c1-2-15-11-4-3-9-14-10-5-7-13-8-6-12-16-13/h5-8,12,14H,2-4,9-11H2,1H3/b7-5+. The highest BCUT2D eigenvalue weighted by molar-refractivity contribution is 5.42. The number of ether oxygens (including phenoxy) is 1. The van der Waals surface area contributed by atoms with Gasteiger partial charge in [-0.2, -0.15) is 0 Å². The minimum atomic E-state index is 0.819. The molecule has 0 bridgehead atoms. The van der Waals surface area contributed by atoms with Crippen LogP contribution in [0.4, 0.5) is 0 Å². The van der Waals surface area contributed by atoms with Crippen molar-refractivity contribution in [2.45, 2.75) is 19.8 Å². The second-order valence-electron chi connectivity index (χ2n) is 3.53. The van der Waals surface area contributed by atoms with Gasteiger partial charge in [0.25, 0.3) is 0 Å². The first-order chi connectivity index (χ1) is 7.93. The lowest BCUT2D eigenvalue weighted by molar-refractivity contribution is 0.143. The van der Waals surface area contributed by atoms with Gasteiger partial charge >= 0.3 is 0 Å². The summed E-state index contributed by atoms with van der Waals surface area (Å²) in [7, 11) is 0. The Labute approximate surface area is 97.5 Å². The Hall–Kier alpha value is -1.06. The third-order valence-electron chi connectivity index (χ3n) is 2.18. The van der Waals surface area contributed by atoms with E-state index in [-0.39, 0.29) is 0 Å². The van der Waals surface area contributed by atoms with Crippen LogP contribution in [-0.4, -0.2) is 26.3 Å². The molecule has 0 aliphatic carbocycles. The maximum absolute atomic E-state index is 5.26. The van der Waals surface area contributed by atoms with E-state index in [1.54, 1.807) is 6.26 Å². The van der Waals surface area contributed by atoms with Crippen LogP contribution in [0.1, 0.15) is 25.5 Å². The number of hydrogen-bond acceptors (Lipinski definition) is 3. The molecule has 3 nitrogen and oxygen atoms in total. The molecule has 0 saturated carbocycles. The van der Waals surface area contributed by atoms with Crippen LogP contribution in [0.5, 0.6) is 0 Å². The second-order valence-corrected chi connectivity index (χ2v) is 3.53. The molecule has 0 aliphatic heterocycles. The van der Waals surface area contributed by atoms with Crippen molar-refractivity contribution in [3.8, 4) is 0 Å². The number of unbranched alkanes of at least 4 members (excludes halogenated alkanes) is 1. The molecule has 1 heterocycles. The van der Waals surface area contributed by atoms with Crippen LogP contribution in [0.15, 0.2) is 28.9 Å². The lowest BCUT2D eigenvalue weighted by Crippen LogP contribution is -2.15. The zero-order valence-corrected chi connectivity index (χ0v) is 9.95. The summed E-state index contributed by atoms with van der Waals surface area (Å²) in [5.74, 6) is 0.901. The number of rotatable bonds is 9. The fourth-order valence-corrected chi connectivity index (χ4v) is 1.35. The third kappa shape index (κ3) is 6.43. The Kier molecular flexibility index (Phi) is 7.47. The quantitative estimate of drug-likeness (QED) is 0.654. The molecule has 1 rings (SSSR count). The number of furan rings is 1. The summed E-state index contributed by atoms with van der Waals surface area (Å²) in [5, 5.41) is 3.34. The largest absolute Gasteiger partial charge is 0.465 e. The van der Waals surface area contributed by atoms with E-state index in [0.29, 0.717) is 0 Å². The van der Waals surface area contributed by atoms with Gasteiger partial charge in [-0.25, -0.2) is 0 Å². The molecule has 0 spiro atoms. The van der Waals surface area contributed by atoms with Gasteiger partial charge in [-0.3, -0.25) is 0 Å². The van der Waals surface area contributed by atoms with Gasteiger partial charge in [-0.15, -0.1) is 0 Å².